The summed E-state index contributed by atoms with van der Waals surface area (Å²) in [6.45, 7) is 0. The first-order chi connectivity index (χ1) is 14.2. The molecule has 3 aromatic carbocycles. The summed E-state index contributed by atoms with van der Waals surface area (Å²) >= 11 is 7.52. The zero-order valence-electron chi connectivity index (χ0n) is 15.4. The molecular weight excluding hydrogens is 400 g/mol. The maximum atomic E-state index is 9.97. The van der Waals surface area contributed by atoms with Crippen LogP contribution in [0.2, 0.25) is 5.02 Å². The number of halogens is 1. The molecule has 0 aliphatic carbocycles. The fourth-order valence-electron chi connectivity index (χ4n) is 2.89. The molecule has 4 nitrogen and oxygen atoms in total. The van der Waals surface area contributed by atoms with E-state index < -0.39 is 5.92 Å². The molecule has 1 aromatic heterocycles. The molecule has 29 heavy (non-hydrogen) atoms. The molecule has 4 aromatic rings. The number of rotatable bonds is 5. The van der Waals surface area contributed by atoms with E-state index in [0.29, 0.717) is 21.6 Å². The summed E-state index contributed by atoms with van der Waals surface area (Å²) in [5.74, 6) is 0.702. The SMILES string of the molecule is N#CC(C(=Nc1ccccc1)SCc1ccc(Cl)cc1)c1nc2ccccc2[nH]1. The van der Waals surface area contributed by atoms with Crippen molar-refractivity contribution in [3.8, 4) is 6.07 Å². The second kappa shape index (κ2) is 8.95. The van der Waals surface area contributed by atoms with Gasteiger partial charge in [0.15, 0.2) is 5.92 Å². The number of H-pyrrole nitrogens is 1. The third kappa shape index (κ3) is 4.68. The van der Waals surface area contributed by atoms with E-state index in [2.05, 4.69) is 16.0 Å². The number of nitrogens with zero attached hydrogens (tertiary/aromatic N) is 3. The highest BCUT2D eigenvalue weighted by molar-refractivity contribution is 8.13. The molecular formula is C23H17ClN4S. The fraction of sp³-hybridized carbons (Fsp3) is 0.0870. The molecule has 0 bridgehead atoms. The van der Waals surface area contributed by atoms with Gasteiger partial charge in [-0.15, -0.1) is 11.8 Å². The fourth-order valence-corrected chi connectivity index (χ4v) is 4.02. The smallest absolute Gasteiger partial charge is 0.152 e. The Morgan fingerprint density at radius 1 is 1.03 bits per heavy atom. The first-order valence-electron chi connectivity index (χ1n) is 9.08. The van der Waals surface area contributed by atoms with Gasteiger partial charge in [0.1, 0.15) is 5.82 Å². The molecule has 1 heterocycles. The van der Waals surface area contributed by atoms with Gasteiger partial charge in [0.25, 0.3) is 0 Å². The van der Waals surface area contributed by atoms with E-state index in [1.54, 1.807) is 0 Å². The number of para-hydroxylation sites is 3. The van der Waals surface area contributed by atoms with Crippen molar-refractivity contribution >= 4 is 45.1 Å². The van der Waals surface area contributed by atoms with Gasteiger partial charge in [0, 0.05) is 10.8 Å². The Bertz CT molecular complexity index is 1140. The summed E-state index contributed by atoms with van der Waals surface area (Å²) in [7, 11) is 0. The predicted molar refractivity (Wildman–Crippen MR) is 121 cm³/mol. The summed E-state index contributed by atoms with van der Waals surface area (Å²) in [4.78, 5) is 12.7. The molecule has 6 heteroatoms. The van der Waals surface area contributed by atoms with Gasteiger partial charge in [0.2, 0.25) is 0 Å². The average Bonchev–Trinajstić information content (AvgIpc) is 3.18. The highest BCUT2D eigenvalue weighted by atomic mass is 35.5. The lowest BCUT2D eigenvalue weighted by Gasteiger charge is -2.11. The van der Waals surface area contributed by atoms with Crippen LogP contribution in [0.25, 0.3) is 11.0 Å². The van der Waals surface area contributed by atoms with Crippen molar-refractivity contribution in [2.75, 3.05) is 0 Å². The maximum Gasteiger partial charge on any atom is 0.152 e. The Balaban J connectivity index is 1.68. The monoisotopic (exact) mass is 416 g/mol. The number of nitrogens with one attached hydrogen (secondary N) is 1. The van der Waals surface area contributed by atoms with Crippen molar-refractivity contribution in [1.29, 1.82) is 5.26 Å². The van der Waals surface area contributed by atoms with Crippen LogP contribution in [-0.2, 0) is 5.75 Å². The highest BCUT2D eigenvalue weighted by Crippen LogP contribution is 2.29. The van der Waals surface area contributed by atoms with Gasteiger partial charge in [-0.05, 0) is 42.0 Å². The van der Waals surface area contributed by atoms with Crippen LogP contribution in [0.5, 0.6) is 0 Å². The van der Waals surface area contributed by atoms with E-state index in [0.717, 1.165) is 22.3 Å². The van der Waals surface area contributed by atoms with Crippen molar-refractivity contribution in [1.82, 2.24) is 9.97 Å². The minimum atomic E-state index is -0.583. The third-order valence-electron chi connectivity index (χ3n) is 4.35. The van der Waals surface area contributed by atoms with Gasteiger partial charge in [-0.3, -0.25) is 0 Å². The Morgan fingerprint density at radius 2 is 1.76 bits per heavy atom. The van der Waals surface area contributed by atoms with Crippen molar-refractivity contribution in [3.05, 3.63) is 95.3 Å². The lowest BCUT2D eigenvalue weighted by Crippen LogP contribution is -2.09. The highest BCUT2D eigenvalue weighted by Gasteiger charge is 2.22. The zero-order valence-corrected chi connectivity index (χ0v) is 17.0. The normalized spacial score (nSPS) is 12.6. The number of aromatic amines is 1. The van der Waals surface area contributed by atoms with E-state index in [1.165, 1.54) is 11.8 Å². The molecule has 0 spiro atoms. The van der Waals surface area contributed by atoms with Crippen LogP contribution in [0.15, 0.2) is 83.9 Å². The van der Waals surface area contributed by atoms with Crippen molar-refractivity contribution < 1.29 is 0 Å². The molecule has 4 rings (SSSR count). The number of nitriles is 1. The zero-order chi connectivity index (χ0) is 20.1. The van der Waals surface area contributed by atoms with Gasteiger partial charge in [-0.1, -0.05) is 54.1 Å². The minimum absolute atomic E-state index is 0.583. The molecule has 0 radical (unpaired) electrons. The first kappa shape index (κ1) is 19.3. The van der Waals surface area contributed by atoms with Crippen molar-refractivity contribution in [2.24, 2.45) is 4.99 Å². The third-order valence-corrected chi connectivity index (χ3v) is 5.71. The largest absolute Gasteiger partial charge is 0.341 e. The average molecular weight is 417 g/mol. The van der Waals surface area contributed by atoms with E-state index in [4.69, 9.17) is 16.6 Å². The number of hydrogen-bond acceptors (Lipinski definition) is 4. The number of fused-ring (bicyclic) bond motifs is 1. The number of aliphatic imine (C=N–C) groups is 1. The Hall–Kier alpha value is -3.07. The summed E-state index contributed by atoms with van der Waals surface area (Å²) < 4.78 is 0. The standard InChI is InChI=1S/C23H17ClN4S/c24-17-12-10-16(11-13-17)15-29-23(26-18-6-2-1-3-7-18)19(14-25)22-27-20-8-4-5-9-21(20)28-22/h1-13,19H,15H2,(H,27,28). The Labute approximate surface area is 178 Å². The number of hydrogen-bond donors (Lipinski definition) is 1. The van der Waals surface area contributed by atoms with Crippen molar-refractivity contribution in [2.45, 2.75) is 11.7 Å². The molecule has 0 amide bonds. The van der Waals surface area contributed by atoms with Gasteiger partial charge in [0.05, 0.1) is 27.8 Å². The molecule has 1 atom stereocenters. The summed E-state index contributed by atoms with van der Waals surface area (Å²) in [6, 6.07) is 27.5. The van der Waals surface area contributed by atoms with Crippen LogP contribution in [-0.4, -0.2) is 15.0 Å². The minimum Gasteiger partial charge on any atom is -0.341 e. The molecule has 1 N–H and O–H groups in total. The summed E-state index contributed by atoms with van der Waals surface area (Å²) in [6.07, 6.45) is 0. The molecule has 0 saturated carbocycles. The van der Waals surface area contributed by atoms with E-state index in [9.17, 15) is 5.26 Å². The van der Waals surface area contributed by atoms with Crippen LogP contribution in [0, 0.1) is 11.3 Å². The Kier molecular flexibility index (Phi) is 5.95. The molecule has 0 fully saturated rings. The molecule has 1 unspecified atom stereocenters. The number of benzene rings is 3. The lowest BCUT2D eigenvalue weighted by atomic mass is 10.2. The van der Waals surface area contributed by atoms with Crippen LogP contribution in [0.4, 0.5) is 5.69 Å². The maximum absolute atomic E-state index is 9.97. The van der Waals surface area contributed by atoms with E-state index in [-0.39, 0.29) is 0 Å². The van der Waals surface area contributed by atoms with E-state index in [1.807, 2.05) is 78.9 Å². The first-order valence-corrected chi connectivity index (χ1v) is 10.4. The van der Waals surface area contributed by atoms with Gasteiger partial charge < -0.3 is 4.98 Å². The number of aromatic nitrogens is 2. The second-order valence-electron chi connectivity index (χ2n) is 6.40. The number of thioether (sulfide) groups is 1. The van der Waals surface area contributed by atoms with Gasteiger partial charge >= 0.3 is 0 Å². The van der Waals surface area contributed by atoms with Crippen LogP contribution in [0.1, 0.15) is 17.3 Å². The molecule has 0 aliphatic rings. The molecule has 0 saturated heterocycles. The quantitative estimate of drug-likeness (QED) is 0.299. The van der Waals surface area contributed by atoms with Gasteiger partial charge in [-0.25, -0.2) is 9.98 Å². The second-order valence-corrected chi connectivity index (χ2v) is 7.83. The predicted octanol–water partition coefficient (Wildman–Crippen LogP) is 6.49. The van der Waals surface area contributed by atoms with Crippen LogP contribution >= 0.6 is 23.4 Å². The van der Waals surface area contributed by atoms with Crippen molar-refractivity contribution in [3.63, 3.8) is 0 Å². The molecule has 142 valence electrons. The molecule has 0 aliphatic heterocycles. The summed E-state index contributed by atoms with van der Waals surface area (Å²) in [5.41, 5.74) is 3.66. The number of imidazole rings is 1. The van der Waals surface area contributed by atoms with Crippen LogP contribution < -0.4 is 0 Å². The summed E-state index contributed by atoms with van der Waals surface area (Å²) in [5, 5.41) is 11.4. The topological polar surface area (TPSA) is 64.8 Å². The van der Waals surface area contributed by atoms with E-state index >= 15 is 0 Å². The van der Waals surface area contributed by atoms with Gasteiger partial charge in [-0.2, -0.15) is 5.26 Å². The van der Waals surface area contributed by atoms with Crippen LogP contribution in [0.3, 0.4) is 0 Å². The Morgan fingerprint density at radius 3 is 2.48 bits per heavy atom. The lowest BCUT2D eigenvalue weighted by molar-refractivity contribution is 1.02.